The van der Waals surface area contributed by atoms with Gasteiger partial charge in [0, 0.05) is 18.8 Å². The number of nitrogens with zero attached hydrogens (tertiary/aromatic N) is 2. The molecule has 3 nitrogen and oxygen atoms in total. The Morgan fingerprint density at radius 3 is 2.09 bits per heavy atom. The molecule has 1 aliphatic heterocycles. The van der Waals surface area contributed by atoms with Crippen molar-refractivity contribution in [3.63, 3.8) is 0 Å². The zero-order valence-corrected chi connectivity index (χ0v) is 8.01. The monoisotopic (exact) mass is 176 g/mol. The minimum absolute atomic E-state index is 0.0571. The average molecular weight is 177 g/mol. The van der Waals surface area contributed by atoms with Crippen molar-refractivity contribution in [1.29, 1.82) is 0 Å². The molecule has 0 N–H and O–H groups in total. The molecule has 11 heavy (non-hydrogen) atoms. The number of amides is 2. The van der Waals surface area contributed by atoms with Crippen LogP contribution in [0, 0.1) is 0 Å². The van der Waals surface area contributed by atoms with Gasteiger partial charge in [-0.05, 0) is 20.8 Å². The predicted octanol–water partition coefficient (Wildman–Crippen LogP) is 1.67. The standard InChI is InChI=1S/C7H13ClN2O/c1-5-7(2,3)9(4)6(11)10(5)8/h5H,1-4H3. The van der Waals surface area contributed by atoms with Crippen LogP contribution in [0.2, 0.25) is 0 Å². The largest absolute Gasteiger partial charge is 0.335 e. The Morgan fingerprint density at radius 2 is 2.00 bits per heavy atom. The molecule has 1 atom stereocenters. The third-order valence-electron chi connectivity index (χ3n) is 2.70. The number of urea groups is 1. The van der Waals surface area contributed by atoms with Crippen LogP contribution in [0.15, 0.2) is 0 Å². The van der Waals surface area contributed by atoms with Crippen molar-refractivity contribution in [2.24, 2.45) is 0 Å². The number of halogens is 1. The minimum atomic E-state index is -0.168. The molecule has 0 aliphatic carbocycles. The van der Waals surface area contributed by atoms with E-state index < -0.39 is 0 Å². The first-order valence-electron chi connectivity index (χ1n) is 3.62. The van der Waals surface area contributed by atoms with E-state index in [4.69, 9.17) is 11.8 Å². The average Bonchev–Trinajstić information content (AvgIpc) is 2.06. The van der Waals surface area contributed by atoms with Crippen molar-refractivity contribution in [2.45, 2.75) is 32.4 Å². The minimum Gasteiger partial charge on any atom is -0.319 e. The summed E-state index contributed by atoms with van der Waals surface area (Å²) in [5.41, 5.74) is -0.168. The Labute approximate surface area is 72.0 Å². The fourth-order valence-corrected chi connectivity index (χ4v) is 1.47. The molecule has 0 aromatic carbocycles. The van der Waals surface area contributed by atoms with Crippen LogP contribution in [0.4, 0.5) is 4.79 Å². The lowest BCUT2D eigenvalue weighted by Crippen LogP contribution is -2.42. The van der Waals surface area contributed by atoms with Crippen LogP contribution in [-0.2, 0) is 0 Å². The van der Waals surface area contributed by atoms with E-state index in [-0.39, 0.29) is 17.6 Å². The number of carbonyl (C=O) groups is 1. The number of hydrogen-bond acceptors (Lipinski definition) is 1. The SMILES string of the molecule is CC1N(Cl)C(=O)N(C)C1(C)C. The Bertz CT molecular complexity index is 193. The molecule has 4 heteroatoms. The first-order valence-corrected chi connectivity index (χ1v) is 3.95. The van der Waals surface area contributed by atoms with Gasteiger partial charge >= 0.3 is 6.03 Å². The molecular weight excluding hydrogens is 164 g/mol. The zero-order chi connectivity index (χ0) is 8.81. The predicted molar refractivity (Wildman–Crippen MR) is 44.4 cm³/mol. The molecule has 2 amide bonds. The fourth-order valence-electron chi connectivity index (χ4n) is 1.11. The molecule has 1 saturated heterocycles. The first kappa shape index (κ1) is 8.65. The summed E-state index contributed by atoms with van der Waals surface area (Å²) in [7, 11) is 1.77. The molecule has 0 saturated carbocycles. The molecule has 0 aromatic heterocycles. The molecule has 1 unspecified atom stereocenters. The van der Waals surface area contributed by atoms with E-state index in [2.05, 4.69) is 0 Å². The van der Waals surface area contributed by atoms with Gasteiger partial charge in [0.05, 0.1) is 11.6 Å². The highest BCUT2D eigenvalue weighted by Crippen LogP contribution is 2.31. The van der Waals surface area contributed by atoms with Gasteiger partial charge < -0.3 is 4.90 Å². The van der Waals surface area contributed by atoms with Crippen LogP contribution in [0.1, 0.15) is 20.8 Å². The molecule has 1 rings (SSSR count). The second-order valence-corrected chi connectivity index (χ2v) is 3.85. The number of hydrogen-bond donors (Lipinski definition) is 0. The second kappa shape index (κ2) is 2.27. The van der Waals surface area contributed by atoms with Gasteiger partial charge in [0.1, 0.15) is 0 Å². The highest BCUT2D eigenvalue weighted by atomic mass is 35.5. The third kappa shape index (κ3) is 0.984. The van der Waals surface area contributed by atoms with Crippen LogP contribution in [0.25, 0.3) is 0 Å². The Morgan fingerprint density at radius 1 is 1.55 bits per heavy atom. The summed E-state index contributed by atoms with van der Waals surface area (Å²) < 4.78 is 1.25. The smallest absolute Gasteiger partial charge is 0.319 e. The van der Waals surface area contributed by atoms with Crippen LogP contribution in [-0.4, -0.2) is 34.0 Å². The van der Waals surface area contributed by atoms with Gasteiger partial charge in [-0.15, -0.1) is 0 Å². The third-order valence-corrected chi connectivity index (χ3v) is 3.13. The van der Waals surface area contributed by atoms with Crippen molar-refractivity contribution < 1.29 is 4.79 Å². The van der Waals surface area contributed by atoms with Gasteiger partial charge in [-0.2, -0.15) is 0 Å². The van der Waals surface area contributed by atoms with Gasteiger partial charge in [0.25, 0.3) is 0 Å². The normalized spacial score (nSPS) is 29.9. The first-order chi connectivity index (χ1) is 4.89. The van der Waals surface area contributed by atoms with E-state index in [0.717, 1.165) is 0 Å². The Balaban J connectivity index is 2.96. The van der Waals surface area contributed by atoms with E-state index in [1.807, 2.05) is 20.8 Å². The van der Waals surface area contributed by atoms with Crippen LogP contribution >= 0.6 is 11.8 Å². The summed E-state index contributed by atoms with van der Waals surface area (Å²) in [5.74, 6) is 0. The second-order valence-electron chi connectivity index (χ2n) is 3.48. The Hall–Kier alpha value is -0.440. The molecule has 1 fully saturated rings. The lowest BCUT2D eigenvalue weighted by atomic mass is 9.97. The van der Waals surface area contributed by atoms with E-state index >= 15 is 0 Å². The quantitative estimate of drug-likeness (QED) is 0.515. The van der Waals surface area contributed by atoms with E-state index in [1.54, 1.807) is 11.9 Å². The maximum absolute atomic E-state index is 11.3. The lowest BCUT2D eigenvalue weighted by Gasteiger charge is -2.29. The topological polar surface area (TPSA) is 23.6 Å². The number of likely N-dealkylation sites (N-methyl/N-ethyl adjacent to an activating group) is 1. The Kier molecular flexibility index (Phi) is 1.79. The summed E-state index contributed by atoms with van der Waals surface area (Å²) >= 11 is 5.73. The molecule has 1 heterocycles. The highest BCUT2D eigenvalue weighted by molar-refractivity contribution is 6.22. The van der Waals surface area contributed by atoms with Crippen LogP contribution in [0.3, 0.4) is 0 Å². The van der Waals surface area contributed by atoms with Gasteiger partial charge in [-0.25, -0.2) is 9.21 Å². The molecule has 64 valence electrons. The van der Waals surface area contributed by atoms with E-state index in [0.29, 0.717) is 0 Å². The molecule has 0 bridgehead atoms. The van der Waals surface area contributed by atoms with Crippen molar-refractivity contribution >= 4 is 17.8 Å². The van der Waals surface area contributed by atoms with Gasteiger partial charge in [0.2, 0.25) is 0 Å². The summed E-state index contributed by atoms with van der Waals surface area (Å²) in [6, 6.07) is -0.0640. The number of carbonyl (C=O) groups excluding carboxylic acids is 1. The maximum atomic E-state index is 11.3. The summed E-state index contributed by atoms with van der Waals surface area (Å²) in [4.78, 5) is 12.9. The highest BCUT2D eigenvalue weighted by Gasteiger charge is 2.46. The van der Waals surface area contributed by atoms with Crippen molar-refractivity contribution in [2.75, 3.05) is 7.05 Å². The van der Waals surface area contributed by atoms with Gasteiger partial charge in [-0.1, -0.05) is 0 Å². The summed E-state index contributed by atoms with van der Waals surface area (Å²) in [5, 5.41) is 0. The molecule has 0 spiro atoms. The summed E-state index contributed by atoms with van der Waals surface area (Å²) in [6.45, 7) is 5.93. The van der Waals surface area contributed by atoms with Gasteiger partial charge in [0.15, 0.2) is 0 Å². The maximum Gasteiger partial charge on any atom is 0.335 e. The summed E-state index contributed by atoms with van der Waals surface area (Å²) in [6.07, 6.45) is 0. The van der Waals surface area contributed by atoms with Crippen molar-refractivity contribution in [3.05, 3.63) is 0 Å². The van der Waals surface area contributed by atoms with Gasteiger partial charge in [-0.3, -0.25) is 0 Å². The van der Waals surface area contributed by atoms with Crippen molar-refractivity contribution in [3.8, 4) is 0 Å². The van der Waals surface area contributed by atoms with Crippen LogP contribution < -0.4 is 0 Å². The lowest BCUT2D eigenvalue weighted by molar-refractivity contribution is 0.189. The molecular formula is C7H13ClN2O. The fraction of sp³-hybridized carbons (Fsp3) is 0.857. The molecule has 0 aromatic rings. The van der Waals surface area contributed by atoms with Crippen LogP contribution in [0.5, 0.6) is 0 Å². The molecule has 0 radical (unpaired) electrons. The van der Waals surface area contributed by atoms with E-state index in [9.17, 15) is 4.79 Å². The number of rotatable bonds is 0. The van der Waals surface area contributed by atoms with Crippen molar-refractivity contribution in [1.82, 2.24) is 9.32 Å². The molecule has 1 aliphatic rings. The zero-order valence-electron chi connectivity index (χ0n) is 7.26. The van der Waals surface area contributed by atoms with E-state index in [1.165, 1.54) is 4.42 Å².